The van der Waals surface area contributed by atoms with Crippen molar-refractivity contribution in [3.05, 3.63) is 33.8 Å². The van der Waals surface area contributed by atoms with Crippen LogP contribution in [0.2, 0.25) is 10.0 Å². The van der Waals surface area contributed by atoms with Gasteiger partial charge in [-0.25, -0.2) is 0 Å². The number of likely N-dealkylation sites (tertiary alicyclic amines) is 1. The van der Waals surface area contributed by atoms with Gasteiger partial charge >= 0.3 is 0 Å². The Bertz CT molecular complexity index is 493. The molecule has 0 radical (unpaired) electrons. The average Bonchev–Trinajstić information content (AvgIpc) is 2.84. The highest BCUT2D eigenvalue weighted by Gasteiger charge is 2.58. The molecule has 0 aromatic heterocycles. The standard InChI is InChI=1S/C14H17Cl2NO/c1-3-17-8-14(7-13(17,2)9-18-14)10-4-5-11(15)12(16)6-10/h4-6H,3,7-9H2,1-2H3. The van der Waals surface area contributed by atoms with E-state index >= 15 is 0 Å². The lowest BCUT2D eigenvalue weighted by Crippen LogP contribution is -2.47. The topological polar surface area (TPSA) is 12.5 Å². The van der Waals surface area contributed by atoms with E-state index in [9.17, 15) is 0 Å². The van der Waals surface area contributed by atoms with Gasteiger partial charge in [0.1, 0.15) is 5.60 Å². The van der Waals surface area contributed by atoms with Crippen molar-refractivity contribution in [3.8, 4) is 0 Å². The summed E-state index contributed by atoms with van der Waals surface area (Å²) in [5.74, 6) is 0. The van der Waals surface area contributed by atoms with Crippen LogP contribution in [-0.2, 0) is 10.3 Å². The lowest BCUT2D eigenvalue weighted by molar-refractivity contribution is -0.0650. The quantitative estimate of drug-likeness (QED) is 0.822. The predicted molar refractivity (Wildman–Crippen MR) is 74.4 cm³/mol. The van der Waals surface area contributed by atoms with Crippen LogP contribution in [0.5, 0.6) is 0 Å². The van der Waals surface area contributed by atoms with Crippen LogP contribution in [0.4, 0.5) is 0 Å². The van der Waals surface area contributed by atoms with Gasteiger partial charge in [0.25, 0.3) is 0 Å². The summed E-state index contributed by atoms with van der Waals surface area (Å²) >= 11 is 12.1. The van der Waals surface area contributed by atoms with E-state index in [0.29, 0.717) is 10.0 Å². The van der Waals surface area contributed by atoms with Gasteiger partial charge in [-0.15, -0.1) is 0 Å². The molecule has 2 heterocycles. The predicted octanol–water partition coefficient (Wildman–Crippen LogP) is 3.70. The molecule has 2 saturated heterocycles. The minimum absolute atomic E-state index is 0.168. The van der Waals surface area contributed by atoms with Gasteiger partial charge in [0.15, 0.2) is 0 Å². The molecule has 2 atom stereocenters. The van der Waals surface area contributed by atoms with Crippen molar-refractivity contribution < 1.29 is 4.74 Å². The lowest BCUT2D eigenvalue weighted by atomic mass is 9.89. The fourth-order valence-electron chi connectivity index (χ4n) is 3.36. The summed E-state index contributed by atoms with van der Waals surface area (Å²) in [6.45, 7) is 7.28. The number of fused-ring (bicyclic) bond motifs is 2. The monoisotopic (exact) mass is 285 g/mol. The number of benzene rings is 1. The van der Waals surface area contributed by atoms with Gasteiger partial charge in [-0.05, 0) is 31.2 Å². The molecule has 98 valence electrons. The second-order valence-corrected chi connectivity index (χ2v) is 6.41. The van der Waals surface area contributed by atoms with Crippen LogP contribution in [-0.4, -0.2) is 30.1 Å². The maximum Gasteiger partial charge on any atom is 0.108 e. The maximum absolute atomic E-state index is 6.13. The zero-order valence-corrected chi connectivity index (χ0v) is 12.2. The first-order valence-corrected chi connectivity index (χ1v) is 7.09. The Balaban J connectivity index is 1.99. The van der Waals surface area contributed by atoms with Gasteiger partial charge in [0.2, 0.25) is 0 Å². The molecule has 2 aliphatic heterocycles. The van der Waals surface area contributed by atoms with Gasteiger partial charge in [-0.1, -0.05) is 36.2 Å². The summed E-state index contributed by atoms with van der Waals surface area (Å²) in [5, 5.41) is 1.21. The smallest absolute Gasteiger partial charge is 0.108 e. The third kappa shape index (κ3) is 1.70. The Morgan fingerprint density at radius 3 is 2.72 bits per heavy atom. The second-order valence-electron chi connectivity index (χ2n) is 5.60. The summed E-state index contributed by atoms with van der Waals surface area (Å²) in [7, 11) is 0. The van der Waals surface area contributed by atoms with Crippen LogP contribution < -0.4 is 0 Å². The first-order valence-electron chi connectivity index (χ1n) is 6.34. The number of nitrogens with zero attached hydrogens (tertiary/aromatic N) is 1. The normalized spacial score (nSPS) is 35.3. The minimum Gasteiger partial charge on any atom is -0.367 e. The van der Waals surface area contributed by atoms with E-state index in [4.69, 9.17) is 27.9 Å². The highest BCUT2D eigenvalue weighted by Crippen LogP contribution is 2.51. The highest BCUT2D eigenvalue weighted by atomic mass is 35.5. The Morgan fingerprint density at radius 2 is 2.11 bits per heavy atom. The molecule has 2 nitrogen and oxygen atoms in total. The van der Waals surface area contributed by atoms with Crippen molar-refractivity contribution >= 4 is 23.2 Å². The molecular formula is C14H17Cl2NO. The molecule has 3 rings (SSSR count). The van der Waals surface area contributed by atoms with Crippen LogP contribution in [0.15, 0.2) is 18.2 Å². The Kier molecular flexibility index (Phi) is 2.91. The molecule has 0 saturated carbocycles. The summed E-state index contributed by atoms with van der Waals surface area (Å²) in [4.78, 5) is 2.50. The first-order chi connectivity index (χ1) is 8.49. The molecule has 0 amide bonds. The molecule has 0 N–H and O–H groups in total. The molecule has 2 aliphatic rings. The van der Waals surface area contributed by atoms with Crippen LogP contribution in [0.3, 0.4) is 0 Å². The number of hydrogen-bond acceptors (Lipinski definition) is 2. The minimum atomic E-state index is -0.195. The number of ether oxygens (including phenoxy) is 1. The second kappa shape index (κ2) is 4.11. The van der Waals surface area contributed by atoms with Crippen molar-refractivity contribution in [1.29, 1.82) is 0 Å². The fraction of sp³-hybridized carbons (Fsp3) is 0.571. The van der Waals surface area contributed by atoms with Crippen molar-refractivity contribution in [2.24, 2.45) is 0 Å². The van der Waals surface area contributed by atoms with Crippen LogP contribution in [0, 0.1) is 0 Å². The zero-order chi connectivity index (χ0) is 13.0. The van der Waals surface area contributed by atoms with Crippen LogP contribution in [0.25, 0.3) is 0 Å². The largest absolute Gasteiger partial charge is 0.367 e. The molecule has 0 aliphatic carbocycles. The molecule has 18 heavy (non-hydrogen) atoms. The van der Waals surface area contributed by atoms with Gasteiger partial charge in [0.05, 0.1) is 16.7 Å². The van der Waals surface area contributed by atoms with Gasteiger partial charge < -0.3 is 4.74 Å². The molecule has 2 bridgehead atoms. The Hall–Kier alpha value is -0.280. The van der Waals surface area contributed by atoms with E-state index < -0.39 is 0 Å². The highest BCUT2D eigenvalue weighted by molar-refractivity contribution is 6.42. The Morgan fingerprint density at radius 1 is 1.33 bits per heavy atom. The summed E-state index contributed by atoms with van der Waals surface area (Å²) in [6.07, 6.45) is 1.03. The van der Waals surface area contributed by atoms with E-state index in [1.807, 2.05) is 18.2 Å². The first kappa shape index (κ1) is 12.7. The molecule has 1 aromatic rings. The third-order valence-corrected chi connectivity index (χ3v) is 5.10. The summed E-state index contributed by atoms with van der Waals surface area (Å²) in [5.41, 5.74) is 1.12. The fourth-order valence-corrected chi connectivity index (χ4v) is 3.66. The van der Waals surface area contributed by atoms with E-state index in [-0.39, 0.29) is 11.1 Å². The molecular weight excluding hydrogens is 269 g/mol. The van der Waals surface area contributed by atoms with E-state index in [1.54, 1.807) is 0 Å². The Labute approximate surface area is 118 Å². The maximum atomic E-state index is 6.13. The summed E-state index contributed by atoms with van der Waals surface area (Å²) in [6, 6.07) is 5.86. The van der Waals surface area contributed by atoms with Crippen molar-refractivity contribution in [1.82, 2.24) is 4.90 Å². The van der Waals surface area contributed by atoms with Gasteiger partial charge in [-0.2, -0.15) is 0 Å². The third-order valence-electron chi connectivity index (χ3n) is 4.36. The molecule has 2 unspecified atom stereocenters. The summed E-state index contributed by atoms with van der Waals surface area (Å²) < 4.78 is 6.11. The average molecular weight is 286 g/mol. The molecule has 0 spiro atoms. The number of hydrogen-bond donors (Lipinski definition) is 0. The van der Waals surface area contributed by atoms with Crippen molar-refractivity contribution in [3.63, 3.8) is 0 Å². The van der Waals surface area contributed by atoms with Crippen LogP contribution in [0.1, 0.15) is 25.8 Å². The van der Waals surface area contributed by atoms with E-state index in [2.05, 4.69) is 18.7 Å². The zero-order valence-electron chi connectivity index (χ0n) is 10.7. The van der Waals surface area contributed by atoms with Crippen LogP contribution >= 0.6 is 23.2 Å². The lowest BCUT2D eigenvalue weighted by Gasteiger charge is -2.37. The van der Waals surface area contributed by atoms with Crippen molar-refractivity contribution in [2.75, 3.05) is 19.7 Å². The number of likely N-dealkylation sites (N-methyl/N-ethyl adjacent to an activating group) is 1. The number of halogens is 2. The molecule has 2 fully saturated rings. The SMILES string of the molecule is CCN1CC2(c3ccc(Cl)c(Cl)c3)CC1(C)CO2. The number of rotatable bonds is 2. The van der Waals surface area contributed by atoms with Gasteiger partial charge in [-0.3, -0.25) is 4.90 Å². The van der Waals surface area contributed by atoms with E-state index in [0.717, 1.165) is 31.7 Å². The molecule has 4 heteroatoms. The van der Waals surface area contributed by atoms with Gasteiger partial charge in [0, 0.05) is 18.5 Å². The molecule has 1 aromatic carbocycles. The van der Waals surface area contributed by atoms with Crippen molar-refractivity contribution in [2.45, 2.75) is 31.4 Å². The van der Waals surface area contributed by atoms with E-state index in [1.165, 1.54) is 0 Å². The number of morpholine rings is 1.